The first-order valence-corrected chi connectivity index (χ1v) is 5.98. The predicted octanol–water partition coefficient (Wildman–Crippen LogP) is 3.98. The largest absolute Gasteiger partial charge is 0.268 e. The minimum absolute atomic E-state index is 1.10. The van der Waals surface area contributed by atoms with Crippen LogP contribution in [0.3, 0.4) is 0 Å². The highest BCUT2D eigenvalue weighted by Crippen LogP contribution is 2.25. The lowest BCUT2D eigenvalue weighted by Crippen LogP contribution is -1.89. The van der Waals surface area contributed by atoms with Crippen LogP contribution in [0.4, 0.5) is 0 Å². The molecule has 0 saturated carbocycles. The maximum Gasteiger partial charge on any atom is 0.0695 e. The molecule has 0 bridgehead atoms. The number of halogens is 1. The molecular weight excluding hydrogens is 252 g/mol. The van der Waals surface area contributed by atoms with Gasteiger partial charge in [-0.2, -0.15) is 5.10 Å². The van der Waals surface area contributed by atoms with Crippen LogP contribution in [-0.4, -0.2) is 9.78 Å². The zero-order valence-electron chi connectivity index (χ0n) is 9.93. The van der Waals surface area contributed by atoms with Gasteiger partial charge in [0, 0.05) is 16.9 Å². The summed E-state index contributed by atoms with van der Waals surface area (Å²) in [6, 6.07) is 4.22. The summed E-state index contributed by atoms with van der Waals surface area (Å²) in [5.41, 5.74) is 3.56. The van der Waals surface area contributed by atoms with Crippen LogP contribution in [0.5, 0.6) is 0 Å². The third-order valence-electron chi connectivity index (χ3n) is 2.29. The number of benzene rings is 1. The van der Waals surface area contributed by atoms with Gasteiger partial charge in [0.15, 0.2) is 0 Å². The van der Waals surface area contributed by atoms with Crippen molar-refractivity contribution in [2.75, 3.05) is 0 Å². The van der Waals surface area contributed by atoms with E-state index in [2.05, 4.69) is 40.1 Å². The lowest BCUT2D eigenvalue weighted by molar-refractivity contribution is 0.783. The molecule has 15 heavy (non-hydrogen) atoms. The highest BCUT2D eigenvalue weighted by atomic mass is 79.9. The third-order valence-corrected chi connectivity index (χ3v) is 2.75. The predicted molar refractivity (Wildman–Crippen MR) is 69.2 cm³/mol. The molecule has 0 aliphatic carbocycles. The molecule has 0 radical (unpaired) electrons. The Bertz CT molecular complexity index is 472. The topological polar surface area (TPSA) is 17.8 Å². The molecule has 0 unspecified atom stereocenters. The molecule has 2 nitrogen and oxygen atoms in total. The van der Waals surface area contributed by atoms with E-state index >= 15 is 0 Å². The first-order valence-electron chi connectivity index (χ1n) is 5.19. The SMILES string of the molecule is CC.Cc1cc(Br)cc2c1c(C)nn2C. The highest BCUT2D eigenvalue weighted by Gasteiger charge is 2.07. The Morgan fingerprint density at radius 3 is 2.40 bits per heavy atom. The lowest BCUT2D eigenvalue weighted by atomic mass is 10.1. The van der Waals surface area contributed by atoms with Gasteiger partial charge in [-0.3, -0.25) is 4.68 Å². The van der Waals surface area contributed by atoms with Gasteiger partial charge in [-0.1, -0.05) is 29.8 Å². The Morgan fingerprint density at radius 1 is 1.20 bits per heavy atom. The van der Waals surface area contributed by atoms with Gasteiger partial charge in [-0.25, -0.2) is 0 Å². The highest BCUT2D eigenvalue weighted by molar-refractivity contribution is 9.10. The van der Waals surface area contributed by atoms with Crippen molar-refractivity contribution in [3.05, 3.63) is 27.9 Å². The second kappa shape index (κ2) is 4.79. The van der Waals surface area contributed by atoms with E-state index in [1.165, 1.54) is 16.5 Å². The number of nitrogens with zero attached hydrogens (tertiary/aromatic N) is 2. The Morgan fingerprint density at radius 2 is 1.80 bits per heavy atom. The van der Waals surface area contributed by atoms with E-state index in [1.807, 2.05) is 32.5 Å². The molecule has 1 aromatic carbocycles. The summed E-state index contributed by atoms with van der Waals surface area (Å²) < 4.78 is 3.03. The van der Waals surface area contributed by atoms with Crippen LogP contribution in [0, 0.1) is 13.8 Å². The monoisotopic (exact) mass is 268 g/mol. The van der Waals surface area contributed by atoms with Crippen molar-refractivity contribution in [3.63, 3.8) is 0 Å². The van der Waals surface area contributed by atoms with E-state index in [0.717, 1.165) is 10.2 Å². The molecule has 0 fully saturated rings. The fourth-order valence-electron chi connectivity index (χ4n) is 1.78. The number of aryl methyl sites for hydroxylation is 3. The molecular formula is C12H17BrN2. The molecule has 1 heterocycles. The first kappa shape index (κ1) is 12.2. The first-order chi connectivity index (χ1) is 7.09. The molecule has 3 heteroatoms. The smallest absolute Gasteiger partial charge is 0.0695 e. The normalized spacial score (nSPS) is 10.0. The summed E-state index contributed by atoms with van der Waals surface area (Å²) in [7, 11) is 1.97. The van der Waals surface area contributed by atoms with E-state index < -0.39 is 0 Å². The third kappa shape index (κ3) is 2.23. The maximum atomic E-state index is 4.39. The van der Waals surface area contributed by atoms with Crippen LogP contribution in [-0.2, 0) is 7.05 Å². The number of aromatic nitrogens is 2. The van der Waals surface area contributed by atoms with Crippen LogP contribution in [0.25, 0.3) is 10.9 Å². The molecule has 0 spiro atoms. The average molecular weight is 269 g/mol. The van der Waals surface area contributed by atoms with Crippen LogP contribution in [0.2, 0.25) is 0 Å². The zero-order chi connectivity index (χ0) is 11.6. The summed E-state index contributed by atoms with van der Waals surface area (Å²) >= 11 is 3.49. The van der Waals surface area contributed by atoms with Gasteiger partial charge in [-0.15, -0.1) is 0 Å². The van der Waals surface area contributed by atoms with Crippen molar-refractivity contribution in [3.8, 4) is 0 Å². The summed E-state index contributed by atoms with van der Waals surface area (Å²) in [5, 5.41) is 5.66. The van der Waals surface area contributed by atoms with Gasteiger partial charge in [0.1, 0.15) is 0 Å². The molecule has 0 saturated heterocycles. The van der Waals surface area contributed by atoms with E-state index in [9.17, 15) is 0 Å². The standard InChI is InChI=1S/C10H11BrN2.C2H6/c1-6-4-8(11)5-9-10(6)7(2)12-13(9)3;1-2/h4-5H,1-3H3;1-2H3. The van der Waals surface area contributed by atoms with Crippen molar-refractivity contribution in [1.82, 2.24) is 9.78 Å². The van der Waals surface area contributed by atoms with E-state index in [1.54, 1.807) is 0 Å². The molecule has 0 aliphatic heterocycles. The van der Waals surface area contributed by atoms with Crippen LogP contribution >= 0.6 is 15.9 Å². The van der Waals surface area contributed by atoms with E-state index in [-0.39, 0.29) is 0 Å². The van der Waals surface area contributed by atoms with Gasteiger partial charge in [-0.05, 0) is 31.5 Å². The number of fused-ring (bicyclic) bond motifs is 1. The quantitative estimate of drug-likeness (QED) is 0.707. The number of hydrogen-bond donors (Lipinski definition) is 0. The molecule has 1 aromatic heterocycles. The Hall–Kier alpha value is -0.830. The van der Waals surface area contributed by atoms with E-state index in [4.69, 9.17) is 0 Å². The molecule has 0 amide bonds. The van der Waals surface area contributed by atoms with E-state index in [0.29, 0.717) is 0 Å². The minimum atomic E-state index is 1.10. The van der Waals surface area contributed by atoms with Crippen molar-refractivity contribution in [2.45, 2.75) is 27.7 Å². The summed E-state index contributed by atoms with van der Waals surface area (Å²) in [6.45, 7) is 8.16. The second-order valence-electron chi connectivity index (χ2n) is 3.33. The Kier molecular flexibility index (Phi) is 3.91. The molecule has 2 rings (SSSR count). The summed E-state index contributed by atoms with van der Waals surface area (Å²) in [5.74, 6) is 0. The molecule has 2 aromatic rings. The van der Waals surface area contributed by atoms with Crippen LogP contribution < -0.4 is 0 Å². The van der Waals surface area contributed by atoms with Gasteiger partial charge < -0.3 is 0 Å². The van der Waals surface area contributed by atoms with Crippen LogP contribution in [0.1, 0.15) is 25.1 Å². The van der Waals surface area contributed by atoms with Crippen molar-refractivity contribution >= 4 is 26.8 Å². The van der Waals surface area contributed by atoms with Gasteiger partial charge in [0.05, 0.1) is 11.2 Å². The summed E-state index contributed by atoms with van der Waals surface area (Å²) in [6.07, 6.45) is 0. The van der Waals surface area contributed by atoms with Crippen molar-refractivity contribution in [2.24, 2.45) is 7.05 Å². The Balaban J connectivity index is 0.000000531. The zero-order valence-corrected chi connectivity index (χ0v) is 11.5. The molecule has 82 valence electrons. The summed E-state index contributed by atoms with van der Waals surface area (Å²) in [4.78, 5) is 0. The van der Waals surface area contributed by atoms with Crippen LogP contribution in [0.15, 0.2) is 16.6 Å². The Labute approximate surface area is 99.4 Å². The maximum absolute atomic E-state index is 4.39. The number of hydrogen-bond acceptors (Lipinski definition) is 1. The van der Waals surface area contributed by atoms with Gasteiger partial charge in [0.2, 0.25) is 0 Å². The molecule has 0 aliphatic rings. The fraction of sp³-hybridized carbons (Fsp3) is 0.417. The number of rotatable bonds is 0. The van der Waals surface area contributed by atoms with Gasteiger partial charge >= 0.3 is 0 Å². The second-order valence-corrected chi connectivity index (χ2v) is 4.24. The van der Waals surface area contributed by atoms with Gasteiger partial charge in [0.25, 0.3) is 0 Å². The average Bonchev–Trinajstić information content (AvgIpc) is 2.45. The minimum Gasteiger partial charge on any atom is -0.268 e. The molecule has 0 atom stereocenters. The molecule has 0 N–H and O–H groups in total. The fourth-order valence-corrected chi connectivity index (χ4v) is 2.34. The lowest BCUT2D eigenvalue weighted by Gasteiger charge is -1.99. The van der Waals surface area contributed by atoms with Crippen molar-refractivity contribution < 1.29 is 0 Å². The van der Waals surface area contributed by atoms with Crippen molar-refractivity contribution in [1.29, 1.82) is 0 Å².